The van der Waals surface area contributed by atoms with Crippen molar-refractivity contribution in [2.45, 2.75) is 40.0 Å². The first-order valence-corrected chi connectivity index (χ1v) is 5.83. The molecule has 2 heteroatoms. The molecule has 0 aromatic heterocycles. The largest absolute Gasteiger partial charge is 0.269 e. The fraction of sp³-hybridized carbons (Fsp3) is 0.500. The molecule has 0 N–H and O–H groups in total. The van der Waals surface area contributed by atoms with Crippen molar-refractivity contribution in [3.63, 3.8) is 0 Å². The summed E-state index contributed by atoms with van der Waals surface area (Å²) in [5.41, 5.74) is 1.52. The number of hydrogen-bond donors (Lipinski definition) is 0. The topological polar surface area (TPSA) is 12.4 Å². The average molecular weight is 215 g/mol. The molecule has 0 heterocycles. The molecule has 2 radical (unpaired) electrons. The van der Waals surface area contributed by atoms with Crippen LogP contribution in [0.25, 0.3) is 0 Å². The molecule has 1 atom stereocenters. The van der Waals surface area contributed by atoms with E-state index in [1.807, 2.05) is 6.08 Å². The molecule has 0 spiro atoms. The van der Waals surface area contributed by atoms with Crippen LogP contribution < -0.4 is 0 Å². The first-order chi connectivity index (χ1) is 7.53. The van der Waals surface area contributed by atoms with Crippen molar-refractivity contribution in [1.82, 2.24) is 0 Å². The minimum atomic E-state index is 0.0660. The lowest BCUT2D eigenvalue weighted by Gasteiger charge is -2.28. The van der Waals surface area contributed by atoms with Crippen molar-refractivity contribution in [2.24, 2.45) is 10.4 Å². The zero-order valence-electron chi connectivity index (χ0n) is 10.8. The second kappa shape index (κ2) is 7.26. The monoisotopic (exact) mass is 215 g/mol. The second-order valence-electron chi connectivity index (χ2n) is 4.19. The van der Waals surface area contributed by atoms with Crippen molar-refractivity contribution in [3.8, 4) is 0 Å². The summed E-state index contributed by atoms with van der Waals surface area (Å²) in [7, 11) is 5.71. The van der Waals surface area contributed by atoms with E-state index in [0.717, 1.165) is 25.0 Å². The molecule has 16 heavy (non-hydrogen) atoms. The van der Waals surface area contributed by atoms with Crippen molar-refractivity contribution >= 4 is 13.5 Å². The lowest BCUT2D eigenvalue weighted by atomic mass is 9.79. The fourth-order valence-corrected chi connectivity index (χ4v) is 1.71. The van der Waals surface area contributed by atoms with Gasteiger partial charge in [-0.05, 0) is 24.5 Å². The highest BCUT2D eigenvalue weighted by Crippen LogP contribution is 2.36. The first-order valence-electron chi connectivity index (χ1n) is 5.83. The van der Waals surface area contributed by atoms with Crippen LogP contribution in [0, 0.1) is 5.41 Å². The Balaban J connectivity index is 5.25. The SMILES string of the molecule is [B]C(C=C)=N/C(=C\C=C)C(C)(CC)CCC. The van der Waals surface area contributed by atoms with Crippen LogP contribution in [0.5, 0.6) is 0 Å². The summed E-state index contributed by atoms with van der Waals surface area (Å²) < 4.78 is 0. The Morgan fingerprint density at radius 2 is 2.00 bits per heavy atom. The summed E-state index contributed by atoms with van der Waals surface area (Å²) in [5, 5.41) is 0. The lowest BCUT2D eigenvalue weighted by Crippen LogP contribution is -2.18. The van der Waals surface area contributed by atoms with Gasteiger partial charge >= 0.3 is 0 Å². The maximum Gasteiger partial charge on any atom is 0.141 e. The van der Waals surface area contributed by atoms with Crippen LogP contribution in [0.4, 0.5) is 0 Å². The Kier molecular flexibility index (Phi) is 6.79. The minimum Gasteiger partial charge on any atom is -0.269 e. The third-order valence-corrected chi connectivity index (χ3v) is 2.93. The van der Waals surface area contributed by atoms with Gasteiger partial charge in [-0.2, -0.15) is 0 Å². The zero-order chi connectivity index (χ0) is 12.6. The molecule has 0 amide bonds. The van der Waals surface area contributed by atoms with Crippen LogP contribution in [0.15, 0.2) is 42.1 Å². The maximum atomic E-state index is 5.71. The molecule has 0 aliphatic rings. The molecule has 86 valence electrons. The van der Waals surface area contributed by atoms with E-state index in [1.165, 1.54) is 0 Å². The van der Waals surface area contributed by atoms with Crippen LogP contribution in [0.1, 0.15) is 40.0 Å². The van der Waals surface area contributed by atoms with Gasteiger partial charge in [0.1, 0.15) is 7.85 Å². The molecule has 1 unspecified atom stereocenters. The molecule has 0 bridgehead atoms. The maximum absolute atomic E-state index is 5.71. The van der Waals surface area contributed by atoms with Crippen molar-refractivity contribution in [1.29, 1.82) is 0 Å². The van der Waals surface area contributed by atoms with Gasteiger partial charge in [-0.15, -0.1) is 0 Å². The Morgan fingerprint density at radius 3 is 2.38 bits per heavy atom. The summed E-state index contributed by atoms with van der Waals surface area (Å²) in [6.07, 6.45) is 8.53. The Morgan fingerprint density at radius 1 is 1.38 bits per heavy atom. The molecule has 0 aliphatic carbocycles. The number of aliphatic imine (C=N–C) groups is 1. The number of hydrogen-bond acceptors (Lipinski definition) is 1. The highest BCUT2D eigenvalue weighted by Gasteiger charge is 2.25. The summed E-state index contributed by atoms with van der Waals surface area (Å²) in [6, 6.07) is 0. The normalized spacial score (nSPS) is 16.7. The van der Waals surface area contributed by atoms with Gasteiger partial charge in [0.15, 0.2) is 0 Å². The van der Waals surface area contributed by atoms with Crippen LogP contribution in [-0.2, 0) is 0 Å². The Labute approximate surface area is 101 Å². The quantitative estimate of drug-likeness (QED) is 0.345. The third kappa shape index (κ3) is 4.22. The van der Waals surface area contributed by atoms with E-state index >= 15 is 0 Å². The number of rotatable bonds is 7. The third-order valence-electron chi connectivity index (χ3n) is 2.93. The van der Waals surface area contributed by atoms with Gasteiger partial charge in [0.05, 0.1) is 0 Å². The van der Waals surface area contributed by atoms with Gasteiger partial charge in [0, 0.05) is 11.1 Å². The Bertz CT molecular complexity index is 302. The van der Waals surface area contributed by atoms with E-state index in [2.05, 4.69) is 38.9 Å². The molecule has 0 fully saturated rings. The molecular formula is C14H22BN. The van der Waals surface area contributed by atoms with E-state index in [1.54, 1.807) is 12.2 Å². The molecular weight excluding hydrogens is 193 g/mol. The van der Waals surface area contributed by atoms with E-state index in [4.69, 9.17) is 7.85 Å². The fourth-order valence-electron chi connectivity index (χ4n) is 1.71. The molecule has 0 saturated heterocycles. The first kappa shape index (κ1) is 15.0. The van der Waals surface area contributed by atoms with Crippen molar-refractivity contribution in [3.05, 3.63) is 37.1 Å². The van der Waals surface area contributed by atoms with Crippen LogP contribution in [0.2, 0.25) is 0 Å². The van der Waals surface area contributed by atoms with Gasteiger partial charge in [-0.3, -0.25) is 4.99 Å². The van der Waals surface area contributed by atoms with Crippen LogP contribution in [0.3, 0.4) is 0 Å². The van der Waals surface area contributed by atoms with Gasteiger partial charge in [0.25, 0.3) is 0 Å². The average Bonchev–Trinajstić information content (AvgIpc) is 2.28. The van der Waals surface area contributed by atoms with Crippen LogP contribution >= 0.6 is 0 Å². The molecule has 1 nitrogen and oxygen atoms in total. The highest BCUT2D eigenvalue weighted by molar-refractivity contribution is 6.63. The minimum absolute atomic E-state index is 0.0660. The van der Waals surface area contributed by atoms with Crippen molar-refractivity contribution < 1.29 is 0 Å². The van der Waals surface area contributed by atoms with Gasteiger partial charge < -0.3 is 0 Å². The van der Waals surface area contributed by atoms with E-state index in [9.17, 15) is 0 Å². The standard InChI is InChI=1S/C14H22BN/c1-6-10-12(16-13(15)8-3)14(5,9-4)11-7-2/h6,8,10H,1,3,7,9,11H2,2,4-5H3/b12-10-,16-13?. The predicted octanol–water partition coefficient (Wildman–Crippen LogP) is 4.03. The van der Waals surface area contributed by atoms with Crippen LogP contribution in [-0.4, -0.2) is 13.5 Å². The smallest absolute Gasteiger partial charge is 0.141 e. The molecule has 0 aromatic rings. The molecule has 0 rings (SSSR count). The summed E-state index contributed by atoms with van der Waals surface area (Å²) in [5.74, 6) is 0. The number of allylic oxidation sites excluding steroid dienone is 4. The summed E-state index contributed by atoms with van der Waals surface area (Å²) >= 11 is 0. The molecule has 0 aliphatic heterocycles. The zero-order valence-corrected chi connectivity index (χ0v) is 10.8. The van der Waals surface area contributed by atoms with Gasteiger partial charge in [-0.25, -0.2) is 0 Å². The summed E-state index contributed by atoms with van der Waals surface area (Å²) in [4.78, 5) is 4.41. The summed E-state index contributed by atoms with van der Waals surface area (Å²) in [6.45, 7) is 13.9. The highest BCUT2D eigenvalue weighted by atomic mass is 14.8. The van der Waals surface area contributed by atoms with Gasteiger partial charge in [0.2, 0.25) is 0 Å². The van der Waals surface area contributed by atoms with Gasteiger partial charge in [-0.1, -0.05) is 52.5 Å². The predicted molar refractivity (Wildman–Crippen MR) is 75.0 cm³/mol. The Hall–Kier alpha value is -1.05. The second-order valence-corrected chi connectivity index (χ2v) is 4.19. The van der Waals surface area contributed by atoms with E-state index < -0.39 is 0 Å². The van der Waals surface area contributed by atoms with Crippen molar-refractivity contribution in [2.75, 3.05) is 0 Å². The van der Waals surface area contributed by atoms with E-state index in [0.29, 0.717) is 5.61 Å². The molecule has 0 saturated carbocycles. The lowest BCUT2D eigenvalue weighted by molar-refractivity contribution is 0.344. The molecule has 0 aromatic carbocycles. The van der Waals surface area contributed by atoms with E-state index in [-0.39, 0.29) is 5.41 Å². The number of nitrogens with zero attached hydrogens (tertiary/aromatic N) is 1.